The molecule has 20 heavy (non-hydrogen) atoms. The van der Waals surface area contributed by atoms with Crippen LogP contribution in [0.1, 0.15) is 22.2 Å². The Morgan fingerprint density at radius 1 is 1.20 bits per heavy atom. The molecule has 1 amide bonds. The van der Waals surface area contributed by atoms with E-state index in [-0.39, 0.29) is 11.9 Å². The maximum Gasteiger partial charge on any atom is 0.261 e. The van der Waals surface area contributed by atoms with Crippen LogP contribution in [0.4, 0.5) is 0 Å². The first-order valence-electron chi connectivity index (χ1n) is 6.53. The minimum absolute atomic E-state index is 0.0204. The highest BCUT2D eigenvalue weighted by Gasteiger charge is 2.12. The van der Waals surface area contributed by atoms with Crippen LogP contribution in [0.15, 0.2) is 47.2 Å². The lowest BCUT2D eigenvalue weighted by Gasteiger charge is -2.12. The smallest absolute Gasteiger partial charge is 0.261 e. The molecule has 0 saturated heterocycles. The Bertz CT molecular complexity index is 715. The summed E-state index contributed by atoms with van der Waals surface area (Å²) in [6.45, 7) is 2.05. The van der Waals surface area contributed by atoms with Gasteiger partial charge in [-0.15, -0.1) is 22.7 Å². The van der Waals surface area contributed by atoms with Crippen LogP contribution < -0.4 is 5.32 Å². The van der Waals surface area contributed by atoms with Crippen LogP contribution in [-0.2, 0) is 6.42 Å². The molecular weight excluding hydrogens is 286 g/mol. The second kappa shape index (κ2) is 5.77. The second-order valence-corrected chi connectivity index (χ2v) is 6.67. The fourth-order valence-electron chi connectivity index (χ4n) is 2.27. The van der Waals surface area contributed by atoms with Gasteiger partial charge in [0.1, 0.15) is 0 Å². The van der Waals surface area contributed by atoms with Gasteiger partial charge < -0.3 is 5.32 Å². The molecule has 2 nitrogen and oxygen atoms in total. The number of carbonyl (C=O) groups is 1. The molecule has 3 aromatic rings. The van der Waals surface area contributed by atoms with Gasteiger partial charge in [-0.3, -0.25) is 4.79 Å². The molecule has 0 aliphatic heterocycles. The zero-order chi connectivity index (χ0) is 13.9. The number of benzene rings is 1. The lowest BCUT2D eigenvalue weighted by atomic mass is 10.1. The number of amides is 1. The molecule has 0 saturated carbocycles. The number of hydrogen-bond acceptors (Lipinski definition) is 3. The molecule has 2 heterocycles. The zero-order valence-electron chi connectivity index (χ0n) is 11.1. The van der Waals surface area contributed by atoms with E-state index < -0.39 is 0 Å². The van der Waals surface area contributed by atoms with Crippen molar-refractivity contribution < 1.29 is 4.79 Å². The molecule has 4 heteroatoms. The van der Waals surface area contributed by atoms with Crippen LogP contribution in [0.25, 0.3) is 10.1 Å². The number of hydrogen-bond donors (Lipinski definition) is 1. The molecule has 0 aliphatic carbocycles. The number of carbonyl (C=O) groups excluding carboxylic acids is 1. The molecule has 0 spiro atoms. The lowest BCUT2D eigenvalue weighted by molar-refractivity contribution is 0.0944. The predicted octanol–water partition coefficient (Wildman–Crippen LogP) is 4.32. The molecule has 0 bridgehead atoms. The van der Waals surface area contributed by atoms with E-state index in [4.69, 9.17) is 0 Å². The predicted molar refractivity (Wildman–Crippen MR) is 86.8 cm³/mol. The van der Waals surface area contributed by atoms with Crippen LogP contribution in [-0.4, -0.2) is 11.9 Å². The maximum atomic E-state index is 12.0. The summed E-state index contributed by atoms with van der Waals surface area (Å²) >= 11 is 3.24. The van der Waals surface area contributed by atoms with E-state index in [2.05, 4.69) is 41.9 Å². The molecule has 1 atom stereocenters. The first kappa shape index (κ1) is 13.3. The number of thiophene rings is 2. The quantitative estimate of drug-likeness (QED) is 0.764. The molecule has 0 aliphatic rings. The first-order valence-corrected chi connectivity index (χ1v) is 8.29. The van der Waals surface area contributed by atoms with Crippen molar-refractivity contribution in [1.29, 1.82) is 0 Å². The topological polar surface area (TPSA) is 29.1 Å². The van der Waals surface area contributed by atoms with Gasteiger partial charge in [0.2, 0.25) is 0 Å². The van der Waals surface area contributed by atoms with Gasteiger partial charge >= 0.3 is 0 Å². The van der Waals surface area contributed by atoms with Gasteiger partial charge in [-0.05, 0) is 47.2 Å². The Kier molecular flexibility index (Phi) is 3.85. The summed E-state index contributed by atoms with van der Waals surface area (Å²) in [6, 6.07) is 12.3. The minimum Gasteiger partial charge on any atom is -0.349 e. The van der Waals surface area contributed by atoms with Gasteiger partial charge in [0, 0.05) is 10.7 Å². The molecule has 102 valence electrons. The highest BCUT2D eigenvalue weighted by molar-refractivity contribution is 7.17. The summed E-state index contributed by atoms with van der Waals surface area (Å²) in [5.41, 5.74) is 1.31. The summed E-state index contributed by atoms with van der Waals surface area (Å²) < 4.78 is 1.30. The maximum absolute atomic E-state index is 12.0. The first-order chi connectivity index (χ1) is 9.74. The normalized spacial score (nSPS) is 12.4. The van der Waals surface area contributed by atoms with E-state index in [1.165, 1.54) is 27.0 Å². The van der Waals surface area contributed by atoms with E-state index in [9.17, 15) is 4.79 Å². The molecule has 0 radical (unpaired) electrons. The van der Waals surface area contributed by atoms with Gasteiger partial charge in [0.25, 0.3) is 5.91 Å². The summed E-state index contributed by atoms with van der Waals surface area (Å²) in [6.07, 6.45) is 0.862. The van der Waals surface area contributed by atoms with Crippen LogP contribution in [0, 0.1) is 0 Å². The van der Waals surface area contributed by atoms with Crippen LogP contribution in [0.3, 0.4) is 0 Å². The molecular formula is C16H15NOS2. The van der Waals surface area contributed by atoms with E-state index >= 15 is 0 Å². The van der Waals surface area contributed by atoms with Crippen molar-refractivity contribution in [2.24, 2.45) is 0 Å². The van der Waals surface area contributed by atoms with Crippen LogP contribution >= 0.6 is 22.7 Å². The Balaban J connectivity index is 1.70. The van der Waals surface area contributed by atoms with Crippen molar-refractivity contribution in [3.05, 3.63) is 57.6 Å². The zero-order valence-corrected chi connectivity index (χ0v) is 12.8. The van der Waals surface area contributed by atoms with E-state index in [1.54, 1.807) is 11.3 Å². The van der Waals surface area contributed by atoms with Gasteiger partial charge in [-0.1, -0.05) is 24.3 Å². The number of nitrogens with one attached hydrogen (secondary N) is 1. The summed E-state index contributed by atoms with van der Waals surface area (Å²) in [4.78, 5) is 12.8. The SMILES string of the molecule is CC(Cc1csc2ccccc12)NC(=O)c1cccs1. The average Bonchev–Trinajstić information content (AvgIpc) is 3.09. The molecule has 0 fully saturated rings. The minimum atomic E-state index is 0.0204. The number of fused-ring (bicyclic) bond motifs is 1. The van der Waals surface area contributed by atoms with Crippen molar-refractivity contribution >= 4 is 38.7 Å². The standard InChI is InChI=1S/C16H15NOS2/c1-11(17-16(18)15-7-4-8-19-15)9-12-10-20-14-6-3-2-5-13(12)14/h2-8,10-11H,9H2,1H3,(H,17,18). The van der Waals surface area contributed by atoms with Crippen LogP contribution in [0.5, 0.6) is 0 Å². The van der Waals surface area contributed by atoms with E-state index in [0.717, 1.165) is 11.3 Å². The third kappa shape index (κ3) is 2.76. The molecule has 3 rings (SSSR count). The van der Waals surface area contributed by atoms with Crippen molar-refractivity contribution in [3.63, 3.8) is 0 Å². The largest absolute Gasteiger partial charge is 0.349 e. The van der Waals surface area contributed by atoms with Crippen molar-refractivity contribution in [2.75, 3.05) is 0 Å². The summed E-state index contributed by atoms with van der Waals surface area (Å²) in [5.74, 6) is 0.0204. The van der Waals surface area contributed by atoms with Gasteiger partial charge in [0.15, 0.2) is 0 Å². The summed E-state index contributed by atoms with van der Waals surface area (Å²) in [7, 11) is 0. The molecule has 1 unspecified atom stereocenters. The lowest BCUT2D eigenvalue weighted by Crippen LogP contribution is -2.33. The Labute approximate surface area is 126 Å². The van der Waals surface area contributed by atoms with Gasteiger partial charge in [-0.25, -0.2) is 0 Å². The van der Waals surface area contributed by atoms with Gasteiger partial charge in [-0.2, -0.15) is 0 Å². The van der Waals surface area contributed by atoms with E-state index in [1.807, 2.05) is 17.5 Å². The van der Waals surface area contributed by atoms with Crippen molar-refractivity contribution in [2.45, 2.75) is 19.4 Å². The molecule has 1 aromatic carbocycles. The Morgan fingerprint density at radius 2 is 2.05 bits per heavy atom. The molecule has 2 aromatic heterocycles. The van der Waals surface area contributed by atoms with E-state index in [0.29, 0.717) is 0 Å². The third-order valence-electron chi connectivity index (χ3n) is 3.21. The molecule has 1 N–H and O–H groups in total. The Hall–Kier alpha value is -1.65. The number of rotatable bonds is 4. The fourth-order valence-corrected chi connectivity index (χ4v) is 3.88. The fraction of sp³-hybridized carbons (Fsp3) is 0.188. The second-order valence-electron chi connectivity index (χ2n) is 4.81. The highest BCUT2D eigenvalue weighted by atomic mass is 32.1. The highest BCUT2D eigenvalue weighted by Crippen LogP contribution is 2.26. The van der Waals surface area contributed by atoms with Crippen molar-refractivity contribution in [3.8, 4) is 0 Å². The van der Waals surface area contributed by atoms with Gasteiger partial charge in [0.05, 0.1) is 4.88 Å². The Morgan fingerprint density at radius 3 is 2.85 bits per heavy atom. The van der Waals surface area contributed by atoms with Crippen molar-refractivity contribution in [1.82, 2.24) is 5.32 Å². The summed E-state index contributed by atoms with van der Waals surface area (Å²) in [5, 5.41) is 8.48. The third-order valence-corrected chi connectivity index (χ3v) is 5.09. The average molecular weight is 301 g/mol. The monoisotopic (exact) mass is 301 g/mol. The van der Waals surface area contributed by atoms with Crippen LogP contribution in [0.2, 0.25) is 0 Å².